The SMILES string of the molecule is CCCC(C)CC(O)COC(=O)c1ccc(C(=O)OCC(O)COC(=O)CCSSCCC(=O)OC(C)(C)CC)cc1. The molecule has 1 aromatic carbocycles. The summed E-state index contributed by atoms with van der Waals surface area (Å²) in [7, 11) is 2.90. The molecular formula is C30H46O10S2. The third-order valence-corrected chi connectivity index (χ3v) is 8.57. The number of aliphatic hydroxyl groups excluding tert-OH is 2. The number of aliphatic hydroxyl groups is 2. The highest BCUT2D eigenvalue weighted by atomic mass is 33.1. The first-order valence-corrected chi connectivity index (χ1v) is 16.8. The Labute approximate surface area is 257 Å². The molecule has 0 saturated carbocycles. The number of hydrogen-bond acceptors (Lipinski definition) is 12. The summed E-state index contributed by atoms with van der Waals surface area (Å²) in [6.45, 7) is 9.00. The number of esters is 4. The van der Waals surface area contributed by atoms with E-state index in [0.717, 1.165) is 19.3 Å². The highest BCUT2D eigenvalue weighted by Gasteiger charge is 2.20. The second-order valence-electron chi connectivity index (χ2n) is 10.6. The van der Waals surface area contributed by atoms with Crippen molar-refractivity contribution in [3.63, 3.8) is 0 Å². The van der Waals surface area contributed by atoms with Crippen LogP contribution < -0.4 is 0 Å². The van der Waals surface area contributed by atoms with Crippen molar-refractivity contribution in [2.24, 2.45) is 5.92 Å². The van der Waals surface area contributed by atoms with Gasteiger partial charge < -0.3 is 29.2 Å². The highest BCUT2D eigenvalue weighted by Crippen LogP contribution is 2.24. The van der Waals surface area contributed by atoms with Crippen molar-refractivity contribution in [3.8, 4) is 0 Å². The average molecular weight is 631 g/mol. The molecule has 2 N–H and O–H groups in total. The maximum atomic E-state index is 12.3. The maximum Gasteiger partial charge on any atom is 0.338 e. The highest BCUT2D eigenvalue weighted by molar-refractivity contribution is 8.76. The summed E-state index contributed by atoms with van der Waals surface area (Å²) in [6, 6.07) is 5.63. The largest absolute Gasteiger partial charge is 0.463 e. The number of benzene rings is 1. The summed E-state index contributed by atoms with van der Waals surface area (Å²) in [4.78, 5) is 48.2. The first-order valence-electron chi connectivity index (χ1n) is 14.3. The van der Waals surface area contributed by atoms with Crippen LogP contribution in [0.3, 0.4) is 0 Å². The van der Waals surface area contributed by atoms with Crippen molar-refractivity contribution in [2.75, 3.05) is 31.3 Å². The minimum Gasteiger partial charge on any atom is -0.463 e. The molecule has 0 saturated heterocycles. The Morgan fingerprint density at radius 2 is 1.26 bits per heavy atom. The van der Waals surface area contributed by atoms with Gasteiger partial charge >= 0.3 is 23.9 Å². The molecule has 1 aromatic rings. The fraction of sp³-hybridized carbons (Fsp3) is 0.667. The number of rotatable bonds is 21. The lowest BCUT2D eigenvalue weighted by Crippen LogP contribution is -2.27. The first-order chi connectivity index (χ1) is 19.9. The molecule has 0 spiro atoms. The topological polar surface area (TPSA) is 146 Å². The minimum atomic E-state index is -1.20. The van der Waals surface area contributed by atoms with Crippen LogP contribution in [0.25, 0.3) is 0 Å². The third kappa shape index (κ3) is 17.0. The molecule has 0 aliphatic heterocycles. The van der Waals surface area contributed by atoms with Crippen LogP contribution in [0.5, 0.6) is 0 Å². The van der Waals surface area contributed by atoms with Gasteiger partial charge in [0.15, 0.2) is 0 Å². The van der Waals surface area contributed by atoms with Crippen LogP contribution in [-0.2, 0) is 28.5 Å². The van der Waals surface area contributed by atoms with E-state index in [9.17, 15) is 29.4 Å². The van der Waals surface area contributed by atoms with Gasteiger partial charge in [-0.05, 0) is 56.9 Å². The van der Waals surface area contributed by atoms with Crippen molar-refractivity contribution in [1.82, 2.24) is 0 Å². The molecule has 3 unspecified atom stereocenters. The molecule has 1 rings (SSSR count). The molecule has 12 heteroatoms. The lowest BCUT2D eigenvalue weighted by molar-refractivity contribution is -0.156. The molecule has 0 amide bonds. The summed E-state index contributed by atoms with van der Waals surface area (Å²) in [5.41, 5.74) is -0.0773. The second-order valence-corrected chi connectivity index (χ2v) is 13.3. The van der Waals surface area contributed by atoms with E-state index in [1.165, 1.54) is 45.9 Å². The van der Waals surface area contributed by atoms with E-state index in [1.54, 1.807) is 0 Å². The molecule has 0 radical (unpaired) electrons. The summed E-state index contributed by atoms with van der Waals surface area (Å²) in [5, 5.41) is 20.0. The van der Waals surface area contributed by atoms with Gasteiger partial charge in [0.25, 0.3) is 0 Å². The quantitative estimate of drug-likeness (QED) is 0.0817. The molecule has 238 valence electrons. The van der Waals surface area contributed by atoms with Gasteiger partial charge in [-0.1, -0.05) is 55.2 Å². The van der Waals surface area contributed by atoms with Crippen LogP contribution in [0, 0.1) is 5.92 Å². The number of carbonyl (C=O) groups excluding carboxylic acids is 4. The Kier molecular flexibility index (Phi) is 18.5. The lowest BCUT2D eigenvalue weighted by Gasteiger charge is -2.23. The predicted octanol–water partition coefficient (Wildman–Crippen LogP) is 4.98. The van der Waals surface area contributed by atoms with Crippen LogP contribution >= 0.6 is 21.6 Å². The Balaban J connectivity index is 2.23. The molecular weight excluding hydrogens is 584 g/mol. The number of hydrogen-bond donors (Lipinski definition) is 2. The molecule has 10 nitrogen and oxygen atoms in total. The first kappa shape index (κ1) is 37.7. The Hall–Kier alpha value is -2.28. The molecule has 0 heterocycles. The standard InChI is InChI=1S/C30H46O10S2/c1-6-8-21(3)17-24(31)18-38-28(35)22-9-11-23(12-10-22)29(36)39-20-25(32)19-37-26(33)13-15-41-42-16-14-27(34)40-30(4,5)7-2/h9-12,21,24-25,31-32H,6-8,13-20H2,1-5H3. The zero-order valence-electron chi connectivity index (χ0n) is 25.3. The number of ether oxygens (including phenoxy) is 4. The van der Waals surface area contributed by atoms with Crippen LogP contribution in [0.4, 0.5) is 0 Å². The maximum absolute atomic E-state index is 12.3. The molecule has 3 atom stereocenters. The lowest BCUT2D eigenvalue weighted by atomic mass is 9.99. The molecule has 0 aromatic heterocycles. The molecule has 42 heavy (non-hydrogen) atoms. The van der Waals surface area contributed by atoms with Gasteiger partial charge in [-0.15, -0.1) is 0 Å². The normalized spacial score (nSPS) is 13.5. The van der Waals surface area contributed by atoms with Crippen molar-refractivity contribution < 1.29 is 48.3 Å². The Bertz CT molecular complexity index is 967. The van der Waals surface area contributed by atoms with Gasteiger partial charge in [0, 0.05) is 11.5 Å². The zero-order chi connectivity index (χ0) is 31.5. The summed E-state index contributed by atoms with van der Waals surface area (Å²) in [6.07, 6.45) is 1.78. The van der Waals surface area contributed by atoms with Crippen LogP contribution in [0.2, 0.25) is 0 Å². The smallest absolute Gasteiger partial charge is 0.338 e. The summed E-state index contributed by atoms with van der Waals surface area (Å²) < 4.78 is 20.6. The number of carbonyl (C=O) groups is 4. The fourth-order valence-corrected chi connectivity index (χ4v) is 5.45. The van der Waals surface area contributed by atoms with Gasteiger partial charge in [-0.2, -0.15) is 0 Å². The van der Waals surface area contributed by atoms with E-state index in [1.807, 2.05) is 27.7 Å². The van der Waals surface area contributed by atoms with E-state index in [2.05, 4.69) is 6.92 Å². The molecule has 0 aliphatic rings. The van der Waals surface area contributed by atoms with Crippen LogP contribution in [0.1, 0.15) is 93.9 Å². The fourth-order valence-electron chi connectivity index (χ4n) is 3.50. The van der Waals surface area contributed by atoms with Crippen molar-refractivity contribution >= 4 is 45.5 Å². The van der Waals surface area contributed by atoms with E-state index in [0.29, 0.717) is 23.8 Å². The van der Waals surface area contributed by atoms with Gasteiger partial charge in [0.2, 0.25) is 0 Å². The Morgan fingerprint density at radius 1 is 0.786 bits per heavy atom. The van der Waals surface area contributed by atoms with Crippen LogP contribution in [0.15, 0.2) is 24.3 Å². The average Bonchev–Trinajstić information content (AvgIpc) is 2.95. The minimum absolute atomic E-state index is 0.104. The van der Waals surface area contributed by atoms with Crippen LogP contribution in [-0.4, -0.2) is 83.2 Å². The second kappa shape index (κ2) is 20.6. The predicted molar refractivity (Wildman–Crippen MR) is 163 cm³/mol. The van der Waals surface area contributed by atoms with Gasteiger partial charge in [-0.3, -0.25) is 9.59 Å². The van der Waals surface area contributed by atoms with E-state index in [4.69, 9.17) is 18.9 Å². The third-order valence-electron chi connectivity index (χ3n) is 6.17. The molecule has 0 fully saturated rings. The molecule has 0 bridgehead atoms. The van der Waals surface area contributed by atoms with Gasteiger partial charge in [0.1, 0.15) is 31.5 Å². The Morgan fingerprint density at radius 3 is 1.76 bits per heavy atom. The van der Waals surface area contributed by atoms with Crippen molar-refractivity contribution in [3.05, 3.63) is 35.4 Å². The monoisotopic (exact) mass is 630 g/mol. The molecule has 0 aliphatic carbocycles. The van der Waals surface area contributed by atoms with E-state index < -0.39 is 35.7 Å². The van der Waals surface area contributed by atoms with Gasteiger partial charge in [0.05, 0.1) is 30.1 Å². The summed E-state index contributed by atoms with van der Waals surface area (Å²) in [5.74, 6) is -0.686. The van der Waals surface area contributed by atoms with E-state index >= 15 is 0 Å². The van der Waals surface area contributed by atoms with Crippen molar-refractivity contribution in [1.29, 1.82) is 0 Å². The van der Waals surface area contributed by atoms with Gasteiger partial charge in [-0.25, -0.2) is 9.59 Å². The summed E-state index contributed by atoms with van der Waals surface area (Å²) >= 11 is 0. The van der Waals surface area contributed by atoms with E-state index in [-0.39, 0.29) is 49.8 Å². The zero-order valence-corrected chi connectivity index (χ0v) is 26.9. The van der Waals surface area contributed by atoms with Crippen molar-refractivity contribution in [2.45, 2.75) is 91.0 Å².